The summed E-state index contributed by atoms with van der Waals surface area (Å²) in [6.07, 6.45) is 2.98. The first-order valence-corrected chi connectivity index (χ1v) is 8.09. The average molecular weight is 322 g/mol. The number of thiazole rings is 1. The van der Waals surface area contributed by atoms with Gasteiger partial charge in [0.15, 0.2) is 4.96 Å². The van der Waals surface area contributed by atoms with Crippen LogP contribution in [0.3, 0.4) is 0 Å². The van der Waals surface area contributed by atoms with Gasteiger partial charge < -0.3 is 10.1 Å². The number of nitrogens with one attached hydrogen (secondary N) is 1. The predicted octanol–water partition coefficient (Wildman–Crippen LogP) is 0.206. The van der Waals surface area contributed by atoms with E-state index in [2.05, 4.69) is 22.1 Å². The highest BCUT2D eigenvalue weighted by molar-refractivity contribution is 7.15. The van der Waals surface area contributed by atoms with Gasteiger partial charge in [0.2, 0.25) is 0 Å². The molecule has 7 nitrogen and oxygen atoms in total. The highest BCUT2D eigenvalue weighted by atomic mass is 32.1. The molecule has 3 heterocycles. The monoisotopic (exact) mass is 322 g/mol. The van der Waals surface area contributed by atoms with Crippen molar-refractivity contribution in [3.05, 3.63) is 33.7 Å². The second kappa shape index (κ2) is 6.55. The summed E-state index contributed by atoms with van der Waals surface area (Å²) in [5, 5.41) is 4.59. The van der Waals surface area contributed by atoms with Crippen LogP contribution in [-0.2, 0) is 4.74 Å². The fraction of sp³-hybridized carbons (Fsp3) is 0.500. The van der Waals surface area contributed by atoms with E-state index in [9.17, 15) is 9.59 Å². The van der Waals surface area contributed by atoms with Gasteiger partial charge in [-0.3, -0.25) is 18.9 Å². The molecule has 118 valence electrons. The predicted molar refractivity (Wildman–Crippen MR) is 83.5 cm³/mol. The molecule has 1 amide bonds. The third-order valence-electron chi connectivity index (χ3n) is 3.81. The lowest BCUT2D eigenvalue weighted by Crippen LogP contribution is -2.47. The van der Waals surface area contributed by atoms with Gasteiger partial charge in [0.1, 0.15) is 5.56 Å². The van der Waals surface area contributed by atoms with E-state index in [1.54, 1.807) is 11.6 Å². The SMILES string of the molecule is C[C@@H](CNC(=O)c1cnc2sccn2c1=O)N1CCOCC1. The second-order valence-electron chi connectivity index (χ2n) is 5.24. The molecule has 1 saturated heterocycles. The molecule has 0 unspecified atom stereocenters. The Balaban J connectivity index is 1.65. The summed E-state index contributed by atoms with van der Waals surface area (Å²) >= 11 is 1.36. The van der Waals surface area contributed by atoms with Crippen molar-refractivity contribution in [1.82, 2.24) is 19.6 Å². The van der Waals surface area contributed by atoms with Crippen LogP contribution in [-0.4, -0.2) is 59.1 Å². The van der Waals surface area contributed by atoms with Crippen LogP contribution in [0.15, 0.2) is 22.6 Å². The molecule has 22 heavy (non-hydrogen) atoms. The Kier molecular flexibility index (Phi) is 4.51. The molecule has 1 aliphatic heterocycles. The third-order valence-corrected chi connectivity index (χ3v) is 4.59. The number of ether oxygens (including phenoxy) is 1. The minimum atomic E-state index is -0.377. The maximum absolute atomic E-state index is 12.2. The summed E-state index contributed by atoms with van der Waals surface area (Å²) in [6, 6.07) is 0.202. The molecular formula is C14H18N4O3S. The van der Waals surface area contributed by atoms with Crippen LogP contribution < -0.4 is 10.9 Å². The summed E-state index contributed by atoms with van der Waals surface area (Å²) in [7, 11) is 0. The van der Waals surface area contributed by atoms with Crippen LogP contribution in [0, 0.1) is 0 Å². The van der Waals surface area contributed by atoms with E-state index in [1.165, 1.54) is 21.9 Å². The number of fused-ring (bicyclic) bond motifs is 1. The van der Waals surface area contributed by atoms with Crippen molar-refractivity contribution < 1.29 is 9.53 Å². The Morgan fingerprint density at radius 1 is 1.50 bits per heavy atom. The Bertz CT molecular complexity index is 720. The number of morpholine rings is 1. The highest BCUT2D eigenvalue weighted by Gasteiger charge is 2.19. The number of aromatic nitrogens is 2. The number of rotatable bonds is 4. The van der Waals surface area contributed by atoms with E-state index in [4.69, 9.17) is 4.74 Å². The molecule has 0 aliphatic carbocycles. The Morgan fingerprint density at radius 2 is 2.27 bits per heavy atom. The van der Waals surface area contributed by atoms with Gasteiger partial charge in [0, 0.05) is 43.4 Å². The Labute approximate surface area is 131 Å². The van der Waals surface area contributed by atoms with E-state index in [1.807, 2.05) is 0 Å². The number of hydrogen-bond donors (Lipinski definition) is 1. The summed E-state index contributed by atoms with van der Waals surface area (Å²) in [4.78, 5) is 31.4. The fourth-order valence-electron chi connectivity index (χ4n) is 2.46. The van der Waals surface area contributed by atoms with Gasteiger partial charge >= 0.3 is 0 Å². The first-order valence-electron chi connectivity index (χ1n) is 7.21. The second-order valence-corrected chi connectivity index (χ2v) is 6.11. The zero-order valence-electron chi connectivity index (χ0n) is 12.3. The quantitative estimate of drug-likeness (QED) is 0.871. The van der Waals surface area contributed by atoms with Crippen LogP contribution in [0.1, 0.15) is 17.3 Å². The molecule has 1 atom stereocenters. The Morgan fingerprint density at radius 3 is 3.05 bits per heavy atom. The first kappa shape index (κ1) is 15.1. The van der Waals surface area contributed by atoms with Gasteiger partial charge in [-0.05, 0) is 6.92 Å². The average Bonchev–Trinajstić information content (AvgIpc) is 3.03. The lowest BCUT2D eigenvalue weighted by atomic mass is 10.2. The van der Waals surface area contributed by atoms with Gasteiger partial charge in [0.25, 0.3) is 11.5 Å². The minimum Gasteiger partial charge on any atom is -0.379 e. The third kappa shape index (κ3) is 3.03. The van der Waals surface area contributed by atoms with Crippen molar-refractivity contribution in [2.45, 2.75) is 13.0 Å². The lowest BCUT2D eigenvalue weighted by molar-refractivity contribution is 0.0204. The van der Waals surface area contributed by atoms with Crippen molar-refractivity contribution >= 4 is 22.2 Å². The molecular weight excluding hydrogens is 304 g/mol. The van der Waals surface area contributed by atoms with Gasteiger partial charge in [0.05, 0.1) is 13.2 Å². The van der Waals surface area contributed by atoms with E-state index in [0.29, 0.717) is 11.5 Å². The van der Waals surface area contributed by atoms with E-state index in [0.717, 1.165) is 26.3 Å². The van der Waals surface area contributed by atoms with Crippen molar-refractivity contribution in [3.8, 4) is 0 Å². The molecule has 0 spiro atoms. The Hall–Kier alpha value is -1.77. The largest absolute Gasteiger partial charge is 0.379 e. The molecule has 2 aromatic rings. The fourth-order valence-corrected chi connectivity index (χ4v) is 3.14. The zero-order valence-corrected chi connectivity index (χ0v) is 13.1. The number of carbonyl (C=O) groups is 1. The van der Waals surface area contributed by atoms with Gasteiger partial charge in [-0.1, -0.05) is 0 Å². The standard InChI is InChI=1S/C14H18N4O3S/c1-10(17-2-5-21-6-3-17)8-15-12(19)11-9-16-14-18(13(11)20)4-7-22-14/h4,7,9-10H,2-3,5-6,8H2,1H3,(H,15,19)/t10-/m0/s1. The van der Waals surface area contributed by atoms with Crippen LogP contribution >= 0.6 is 11.3 Å². The molecule has 3 rings (SSSR count). The number of carbonyl (C=O) groups excluding carboxylic acids is 1. The van der Waals surface area contributed by atoms with Crippen LogP contribution in [0.5, 0.6) is 0 Å². The molecule has 2 aromatic heterocycles. The molecule has 0 bridgehead atoms. The van der Waals surface area contributed by atoms with Crippen molar-refractivity contribution in [2.24, 2.45) is 0 Å². The van der Waals surface area contributed by atoms with Crippen molar-refractivity contribution in [2.75, 3.05) is 32.8 Å². The molecule has 0 aromatic carbocycles. The lowest BCUT2D eigenvalue weighted by Gasteiger charge is -2.32. The number of hydrogen-bond acceptors (Lipinski definition) is 6. The van der Waals surface area contributed by atoms with E-state index >= 15 is 0 Å². The maximum atomic E-state index is 12.2. The number of amides is 1. The van der Waals surface area contributed by atoms with Crippen LogP contribution in [0.2, 0.25) is 0 Å². The number of nitrogens with zero attached hydrogens (tertiary/aromatic N) is 3. The van der Waals surface area contributed by atoms with Crippen LogP contribution in [0.4, 0.5) is 0 Å². The van der Waals surface area contributed by atoms with Gasteiger partial charge in [-0.15, -0.1) is 11.3 Å². The molecule has 1 aliphatic rings. The molecule has 1 N–H and O–H groups in total. The zero-order chi connectivity index (χ0) is 15.5. The molecule has 0 radical (unpaired) electrons. The highest BCUT2D eigenvalue weighted by Crippen LogP contribution is 2.06. The molecule has 1 fully saturated rings. The van der Waals surface area contributed by atoms with Crippen molar-refractivity contribution in [3.63, 3.8) is 0 Å². The molecule has 8 heteroatoms. The van der Waals surface area contributed by atoms with Crippen LogP contribution in [0.25, 0.3) is 4.96 Å². The van der Waals surface area contributed by atoms with Gasteiger partial charge in [-0.25, -0.2) is 4.98 Å². The topological polar surface area (TPSA) is 75.9 Å². The minimum absolute atomic E-state index is 0.0741. The summed E-state index contributed by atoms with van der Waals surface area (Å²) in [5.74, 6) is -0.377. The maximum Gasteiger partial charge on any atom is 0.271 e. The normalized spacial score (nSPS) is 17.5. The van der Waals surface area contributed by atoms with Crippen molar-refractivity contribution in [1.29, 1.82) is 0 Å². The molecule has 0 saturated carbocycles. The van der Waals surface area contributed by atoms with Gasteiger partial charge in [-0.2, -0.15) is 0 Å². The summed E-state index contributed by atoms with van der Waals surface area (Å²) in [6.45, 7) is 5.71. The van der Waals surface area contributed by atoms with E-state index in [-0.39, 0.29) is 23.1 Å². The smallest absolute Gasteiger partial charge is 0.271 e. The van der Waals surface area contributed by atoms with E-state index < -0.39 is 0 Å². The summed E-state index contributed by atoms with van der Waals surface area (Å²) in [5.41, 5.74) is -0.257. The summed E-state index contributed by atoms with van der Waals surface area (Å²) < 4.78 is 6.71. The first-order chi connectivity index (χ1) is 10.7.